The van der Waals surface area contributed by atoms with Gasteiger partial charge in [0.25, 0.3) is 0 Å². The average molecular weight is 409 g/mol. The van der Waals surface area contributed by atoms with Crippen LogP contribution in [0.2, 0.25) is 0 Å². The van der Waals surface area contributed by atoms with Crippen LogP contribution >= 0.6 is 0 Å². The Labute approximate surface area is 177 Å². The lowest BCUT2D eigenvalue weighted by molar-refractivity contribution is -0.116. The van der Waals surface area contributed by atoms with Crippen molar-refractivity contribution >= 4 is 17.4 Å². The first-order valence-electron chi connectivity index (χ1n) is 9.79. The molecule has 0 fully saturated rings. The summed E-state index contributed by atoms with van der Waals surface area (Å²) in [5.74, 6) is 1.96. The molecule has 0 aliphatic rings. The van der Waals surface area contributed by atoms with Crippen molar-refractivity contribution in [2.24, 2.45) is 0 Å². The van der Waals surface area contributed by atoms with Gasteiger partial charge in [0.2, 0.25) is 5.91 Å². The van der Waals surface area contributed by atoms with Crippen molar-refractivity contribution in [3.8, 4) is 11.5 Å². The van der Waals surface area contributed by atoms with Gasteiger partial charge in [0.05, 0.1) is 27.0 Å². The zero-order valence-electron chi connectivity index (χ0n) is 17.9. The lowest BCUT2D eigenvalue weighted by Gasteiger charge is -2.13. The smallest absolute Gasteiger partial charge is 0.225 e. The van der Waals surface area contributed by atoms with Gasteiger partial charge in [0.1, 0.15) is 5.82 Å². The van der Waals surface area contributed by atoms with E-state index in [-0.39, 0.29) is 5.91 Å². The van der Waals surface area contributed by atoms with E-state index in [0.29, 0.717) is 36.7 Å². The SMILES string of the molecule is COc1ccc(CCC(=O)Nc2ccnn2Cc2ccc(N(C)C)cc2)cc1OC. The Morgan fingerprint density at radius 2 is 1.70 bits per heavy atom. The van der Waals surface area contributed by atoms with Crippen LogP contribution in [0.3, 0.4) is 0 Å². The molecule has 7 nitrogen and oxygen atoms in total. The van der Waals surface area contributed by atoms with Gasteiger partial charge in [-0.25, -0.2) is 4.68 Å². The van der Waals surface area contributed by atoms with Gasteiger partial charge in [-0.3, -0.25) is 4.79 Å². The summed E-state index contributed by atoms with van der Waals surface area (Å²) in [6.07, 6.45) is 2.66. The fraction of sp³-hybridized carbons (Fsp3) is 0.304. The molecule has 0 radical (unpaired) electrons. The number of ether oxygens (including phenoxy) is 2. The Hall–Kier alpha value is -3.48. The monoisotopic (exact) mass is 408 g/mol. The van der Waals surface area contributed by atoms with Crippen LogP contribution in [0.25, 0.3) is 0 Å². The second-order valence-corrected chi connectivity index (χ2v) is 7.17. The van der Waals surface area contributed by atoms with Crippen LogP contribution in [0.5, 0.6) is 11.5 Å². The van der Waals surface area contributed by atoms with Gasteiger partial charge >= 0.3 is 0 Å². The molecule has 2 aromatic carbocycles. The molecule has 0 aliphatic carbocycles. The van der Waals surface area contributed by atoms with E-state index in [4.69, 9.17) is 9.47 Å². The van der Waals surface area contributed by atoms with Crippen LogP contribution in [-0.4, -0.2) is 44.0 Å². The summed E-state index contributed by atoms with van der Waals surface area (Å²) in [7, 11) is 7.23. The topological polar surface area (TPSA) is 68.6 Å². The standard InChI is InChI=1S/C23H28N4O3/c1-26(2)19-9-5-18(6-10-19)16-27-22(13-14-24-27)25-23(28)12-8-17-7-11-20(29-3)21(15-17)30-4/h5-7,9-11,13-15H,8,12,16H2,1-4H3,(H,25,28). The molecule has 0 spiro atoms. The third-order valence-corrected chi connectivity index (χ3v) is 4.86. The Morgan fingerprint density at radius 3 is 2.37 bits per heavy atom. The third-order valence-electron chi connectivity index (χ3n) is 4.86. The van der Waals surface area contributed by atoms with Gasteiger partial charge in [-0.15, -0.1) is 0 Å². The number of aryl methyl sites for hydroxylation is 1. The second kappa shape index (κ2) is 9.82. The zero-order chi connectivity index (χ0) is 21.5. The minimum absolute atomic E-state index is 0.0607. The molecule has 30 heavy (non-hydrogen) atoms. The fourth-order valence-corrected chi connectivity index (χ4v) is 3.14. The number of nitrogens with one attached hydrogen (secondary N) is 1. The highest BCUT2D eigenvalue weighted by Crippen LogP contribution is 2.28. The Kier molecular flexibility index (Phi) is 6.95. The molecule has 0 saturated carbocycles. The highest BCUT2D eigenvalue weighted by Gasteiger charge is 2.10. The number of carbonyl (C=O) groups excluding carboxylic acids is 1. The summed E-state index contributed by atoms with van der Waals surface area (Å²) in [6, 6.07) is 15.8. The minimum atomic E-state index is -0.0607. The van der Waals surface area contributed by atoms with E-state index in [9.17, 15) is 4.79 Å². The summed E-state index contributed by atoms with van der Waals surface area (Å²) in [4.78, 5) is 14.5. The van der Waals surface area contributed by atoms with Crippen molar-refractivity contribution in [2.75, 3.05) is 38.5 Å². The fourth-order valence-electron chi connectivity index (χ4n) is 3.14. The molecule has 158 valence electrons. The van der Waals surface area contributed by atoms with E-state index < -0.39 is 0 Å². The van der Waals surface area contributed by atoms with Crippen LogP contribution in [0.1, 0.15) is 17.5 Å². The highest BCUT2D eigenvalue weighted by molar-refractivity contribution is 5.90. The van der Waals surface area contributed by atoms with E-state index >= 15 is 0 Å². The summed E-state index contributed by atoms with van der Waals surface area (Å²) in [5, 5.41) is 7.30. The van der Waals surface area contributed by atoms with Gasteiger partial charge < -0.3 is 19.7 Å². The van der Waals surface area contributed by atoms with Gasteiger partial charge in [0.15, 0.2) is 11.5 Å². The van der Waals surface area contributed by atoms with Crippen LogP contribution in [-0.2, 0) is 17.8 Å². The maximum Gasteiger partial charge on any atom is 0.225 e. The number of carbonyl (C=O) groups is 1. The van der Waals surface area contributed by atoms with Crippen LogP contribution in [0.15, 0.2) is 54.7 Å². The molecule has 1 heterocycles. The molecular formula is C23H28N4O3. The van der Waals surface area contributed by atoms with Crippen LogP contribution in [0, 0.1) is 0 Å². The van der Waals surface area contributed by atoms with Crippen molar-refractivity contribution < 1.29 is 14.3 Å². The predicted octanol–water partition coefficient (Wildman–Crippen LogP) is 3.59. The van der Waals surface area contributed by atoms with Crippen molar-refractivity contribution in [1.82, 2.24) is 9.78 Å². The molecule has 0 unspecified atom stereocenters. The number of methoxy groups -OCH3 is 2. The van der Waals surface area contributed by atoms with Crippen LogP contribution < -0.4 is 19.7 Å². The van der Waals surface area contributed by atoms with E-state index in [0.717, 1.165) is 16.8 Å². The third kappa shape index (κ3) is 5.31. The Balaban J connectivity index is 1.58. The van der Waals surface area contributed by atoms with Crippen molar-refractivity contribution in [2.45, 2.75) is 19.4 Å². The molecule has 1 aromatic heterocycles. The van der Waals surface area contributed by atoms with E-state index in [2.05, 4.69) is 39.6 Å². The average Bonchev–Trinajstić information content (AvgIpc) is 3.18. The molecule has 7 heteroatoms. The molecular weight excluding hydrogens is 380 g/mol. The molecule has 0 atom stereocenters. The number of aromatic nitrogens is 2. The first-order valence-corrected chi connectivity index (χ1v) is 9.79. The first kappa shape index (κ1) is 21.2. The maximum atomic E-state index is 12.5. The van der Waals surface area contributed by atoms with Crippen molar-refractivity contribution in [3.05, 3.63) is 65.9 Å². The predicted molar refractivity (Wildman–Crippen MR) is 119 cm³/mol. The van der Waals surface area contributed by atoms with Crippen molar-refractivity contribution in [1.29, 1.82) is 0 Å². The highest BCUT2D eigenvalue weighted by atomic mass is 16.5. The first-order chi connectivity index (χ1) is 14.5. The number of nitrogens with zero attached hydrogens (tertiary/aromatic N) is 3. The molecule has 1 N–H and O–H groups in total. The van der Waals surface area contributed by atoms with Gasteiger partial charge in [-0.1, -0.05) is 18.2 Å². The molecule has 0 saturated heterocycles. The number of hydrogen-bond acceptors (Lipinski definition) is 5. The summed E-state index contributed by atoms with van der Waals surface area (Å²) >= 11 is 0. The zero-order valence-corrected chi connectivity index (χ0v) is 17.9. The summed E-state index contributed by atoms with van der Waals surface area (Å²) in [5.41, 5.74) is 3.27. The number of benzene rings is 2. The number of anilines is 2. The Morgan fingerprint density at radius 1 is 1.00 bits per heavy atom. The van der Waals surface area contributed by atoms with E-state index in [1.165, 1.54) is 0 Å². The number of rotatable bonds is 9. The Bertz CT molecular complexity index is 980. The van der Waals surface area contributed by atoms with Crippen molar-refractivity contribution in [3.63, 3.8) is 0 Å². The molecule has 3 rings (SSSR count). The lowest BCUT2D eigenvalue weighted by atomic mass is 10.1. The number of amides is 1. The van der Waals surface area contributed by atoms with E-state index in [1.807, 2.05) is 38.4 Å². The molecule has 0 bridgehead atoms. The lowest BCUT2D eigenvalue weighted by Crippen LogP contribution is -2.16. The normalized spacial score (nSPS) is 10.5. The summed E-state index contributed by atoms with van der Waals surface area (Å²) in [6.45, 7) is 0.589. The van der Waals surface area contributed by atoms with Gasteiger partial charge in [-0.05, 0) is 41.8 Å². The largest absolute Gasteiger partial charge is 0.493 e. The molecule has 1 amide bonds. The van der Waals surface area contributed by atoms with E-state index in [1.54, 1.807) is 25.1 Å². The van der Waals surface area contributed by atoms with Gasteiger partial charge in [0, 0.05) is 32.3 Å². The second-order valence-electron chi connectivity index (χ2n) is 7.17. The van der Waals surface area contributed by atoms with Crippen LogP contribution in [0.4, 0.5) is 11.5 Å². The van der Waals surface area contributed by atoms with Gasteiger partial charge in [-0.2, -0.15) is 5.10 Å². The summed E-state index contributed by atoms with van der Waals surface area (Å²) < 4.78 is 12.4. The molecule has 3 aromatic rings. The minimum Gasteiger partial charge on any atom is -0.493 e. The quantitative estimate of drug-likeness (QED) is 0.586. The molecule has 0 aliphatic heterocycles. The maximum absolute atomic E-state index is 12.5. The number of hydrogen-bond donors (Lipinski definition) is 1.